The van der Waals surface area contributed by atoms with E-state index >= 15 is 0 Å². The highest BCUT2D eigenvalue weighted by atomic mass is 16.5. The number of imidazole rings is 1. The minimum absolute atomic E-state index is 0.0237. The Bertz CT molecular complexity index is 1120. The van der Waals surface area contributed by atoms with Crippen LogP contribution in [0.15, 0.2) is 79.1 Å². The van der Waals surface area contributed by atoms with Gasteiger partial charge in [0.05, 0.1) is 12.3 Å². The molecule has 2 aromatic heterocycles. The maximum Gasteiger partial charge on any atom is 0.224 e. The molecule has 2 heterocycles. The third-order valence-electron chi connectivity index (χ3n) is 4.60. The van der Waals surface area contributed by atoms with Gasteiger partial charge in [0.1, 0.15) is 11.4 Å². The van der Waals surface area contributed by atoms with Crippen molar-refractivity contribution in [1.82, 2.24) is 9.38 Å². The summed E-state index contributed by atoms with van der Waals surface area (Å²) in [6.45, 7) is 2.57. The second-order valence-corrected chi connectivity index (χ2v) is 6.99. The van der Waals surface area contributed by atoms with Crippen molar-refractivity contribution in [2.45, 2.75) is 19.8 Å². The molecule has 2 aromatic carbocycles. The molecule has 4 aromatic rings. The Kier molecular flexibility index (Phi) is 5.56. The molecule has 0 fully saturated rings. The van der Waals surface area contributed by atoms with E-state index in [0.29, 0.717) is 19.4 Å². The van der Waals surface area contributed by atoms with Crippen LogP contribution in [0.4, 0.5) is 5.69 Å². The number of ether oxygens (including phenoxy) is 1. The van der Waals surface area contributed by atoms with E-state index in [4.69, 9.17) is 4.74 Å². The third kappa shape index (κ3) is 4.82. The first kappa shape index (κ1) is 18.7. The zero-order valence-corrected chi connectivity index (χ0v) is 16.3. The maximum absolute atomic E-state index is 12.3. The average Bonchev–Trinajstić information content (AvgIpc) is 3.15. The molecule has 4 rings (SSSR count). The number of anilines is 1. The van der Waals surface area contributed by atoms with Gasteiger partial charge in [-0.25, -0.2) is 4.98 Å². The molecule has 5 heteroatoms. The van der Waals surface area contributed by atoms with Crippen molar-refractivity contribution >= 4 is 17.2 Å². The fraction of sp³-hybridized carbons (Fsp3) is 0.167. The molecule has 0 aliphatic carbocycles. The van der Waals surface area contributed by atoms with Gasteiger partial charge in [0, 0.05) is 30.1 Å². The summed E-state index contributed by atoms with van der Waals surface area (Å²) >= 11 is 0. The van der Waals surface area contributed by atoms with E-state index in [-0.39, 0.29) is 5.91 Å². The van der Waals surface area contributed by atoms with E-state index in [0.717, 1.165) is 28.3 Å². The van der Waals surface area contributed by atoms with Crippen molar-refractivity contribution in [2.75, 3.05) is 11.9 Å². The van der Waals surface area contributed by atoms with E-state index in [1.807, 2.05) is 77.3 Å². The second kappa shape index (κ2) is 8.61. The first-order chi connectivity index (χ1) is 14.2. The van der Waals surface area contributed by atoms with Crippen LogP contribution in [0.2, 0.25) is 0 Å². The van der Waals surface area contributed by atoms with Gasteiger partial charge >= 0.3 is 0 Å². The van der Waals surface area contributed by atoms with Gasteiger partial charge < -0.3 is 14.5 Å². The Hall–Kier alpha value is -3.60. The summed E-state index contributed by atoms with van der Waals surface area (Å²) in [6, 6.07) is 21.4. The second-order valence-electron chi connectivity index (χ2n) is 6.99. The van der Waals surface area contributed by atoms with Crippen molar-refractivity contribution in [1.29, 1.82) is 0 Å². The number of hydrogen-bond acceptors (Lipinski definition) is 3. The van der Waals surface area contributed by atoms with Gasteiger partial charge in [0.25, 0.3) is 0 Å². The van der Waals surface area contributed by atoms with Crippen molar-refractivity contribution in [3.05, 3.63) is 84.7 Å². The van der Waals surface area contributed by atoms with Crippen LogP contribution in [-0.2, 0) is 4.79 Å². The van der Waals surface area contributed by atoms with E-state index in [1.54, 1.807) is 0 Å². The zero-order valence-electron chi connectivity index (χ0n) is 16.3. The van der Waals surface area contributed by atoms with Gasteiger partial charge in [0.2, 0.25) is 5.91 Å². The number of fused-ring (bicyclic) bond motifs is 1. The van der Waals surface area contributed by atoms with Crippen LogP contribution in [0.5, 0.6) is 5.75 Å². The molecule has 5 nitrogen and oxygen atoms in total. The van der Waals surface area contributed by atoms with Crippen LogP contribution in [0, 0.1) is 6.92 Å². The molecule has 0 unspecified atom stereocenters. The molecule has 0 aliphatic heterocycles. The van der Waals surface area contributed by atoms with Gasteiger partial charge in [-0.3, -0.25) is 4.79 Å². The van der Waals surface area contributed by atoms with Crippen LogP contribution in [-0.4, -0.2) is 21.9 Å². The lowest BCUT2D eigenvalue weighted by molar-refractivity contribution is -0.116. The predicted octanol–water partition coefficient (Wildman–Crippen LogP) is 5.11. The number of rotatable bonds is 7. The molecule has 146 valence electrons. The SMILES string of the molecule is Cc1ccc2nc(-c3cccc(NC(=O)CCCOc4ccccc4)c3)cn2c1. The Balaban J connectivity index is 1.35. The standard InChI is InChI=1S/C24H23N3O2/c1-18-12-13-23-26-22(17-27(23)16-18)19-7-5-8-20(15-19)25-24(28)11-6-14-29-21-9-3-2-4-10-21/h2-5,7-10,12-13,15-17H,6,11,14H2,1H3,(H,25,28). The fourth-order valence-corrected chi connectivity index (χ4v) is 3.16. The zero-order chi connectivity index (χ0) is 20.1. The smallest absolute Gasteiger partial charge is 0.224 e. The molecule has 0 radical (unpaired) electrons. The van der Waals surface area contributed by atoms with E-state index in [9.17, 15) is 4.79 Å². The summed E-state index contributed by atoms with van der Waals surface area (Å²) in [5.41, 5.74) is 4.70. The lowest BCUT2D eigenvalue weighted by atomic mass is 10.1. The normalized spacial score (nSPS) is 10.8. The monoisotopic (exact) mass is 385 g/mol. The first-order valence-electron chi connectivity index (χ1n) is 9.71. The Morgan fingerprint density at radius 3 is 2.76 bits per heavy atom. The van der Waals surface area contributed by atoms with Crippen molar-refractivity contribution < 1.29 is 9.53 Å². The highest BCUT2D eigenvalue weighted by Gasteiger charge is 2.07. The van der Waals surface area contributed by atoms with Gasteiger partial charge in [-0.05, 0) is 49.2 Å². The molecule has 0 bridgehead atoms. The van der Waals surface area contributed by atoms with Crippen molar-refractivity contribution in [2.24, 2.45) is 0 Å². The Morgan fingerprint density at radius 2 is 1.90 bits per heavy atom. The van der Waals surface area contributed by atoms with E-state index in [2.05, 4.69) is 23.4 Å². The Labute approximate surface area is 170 Å². The van der Waals surface area contributed by atoms with Gasteiger partial charge in [0.15, 0.2) is 0 Å². The number of carbonyl (C=O) groups excluding carboxylic acids is 1. The predicted molar refractivity (Wildman–Crippen MR) is 115 cm³/mol. The van der Waals surface area contributed by atoms with Gasteiger partial charge in [-0.15, -0.1) is 0 Å². The number of amides is 1. The number of carbonyl (C=O) groups is 1. The van der Waals surface area contributed by atoms with Crippen molar-refractivity contribution in [3.63, 3.8) is 0 Å². The number of aryl methyl sites for hydroxylation is 1. The molecule has 0 saturated heterocycles. The summed E-state index contributed by atoms with van der Waals surface area (Å²) in [7, 11) is 0. The minimum atomic E-state index is -0.0237. The summed E-state index contributed by atoms with van der Waals surface area (Å²) in [5.74, 6) is 0.799. The summed E-state index contributed by atoms with van der Waals surface area (Å²) in [6.07, 6.45) is 5.12. The van der Waals surface area contributed by atoms with Crippen LogP contribution in [0.25, 0.3) is 16.9 Å². The lowest BCUT2D eigenvalue weighted by Gasteiger charge is -2.08. The van der Waals surface area contributed by atoms with Crippen molar-refractivity contribution in [3.8, 4) is 17.0 Å². The lowest BCUT2D eigenvalue weighted by Crippen LogP contribution is -2.12. The highest BCUT2D eigenvalue weighted by molar-refractivity contribution is 5.91. The topological polar surface area (TPSA) is 55.6 Å². The molecule has 0 atom stereocenters. The number of benzene rings is 2. The van der Waals surface area contributed by atoms with Crippen LogP contribution in [0.3, 0.4) is 0 Å². The maximum atomic E-state index is 12.3. The van der Waals surface area contributed by atoms with Crippen LogP contribution >= 0.6 is 0 Å². The van der Waals surface area contributed by atoms with E-state index in [1.165, 1.54) is 5.56 Å². The summed E-state index contributed by atoms with van der Waals surface area (Å²) < 4.78 is 7.65. The first-order valence-corrected chi connectivity index (χ1v) is 9.71. The molecule has 0 aliphatic rings. The Morgan fingerprint density at radius 1 is 1.03 bits per heavy atom. The number of nitrogens with one attached hydrogen (secondary N) is 1. The quantitative estimate of drug-likeness (QED) is 0.450. The molecular formula is C24H23N3O2. The summed E-state index contributed by atoms with van der Waals surface area (Å²) in [5, 5.41) is 2.96. The fourth-order valence-electron chi connectivity index (χ4n) is 3.16. The highest BCUT2D eigenvalue weighted by Crippen LogP contribution is 2.23. The number of hydrogen-bond donors (Lipinski definition) is 1. The molecule has 1 N–H and O–H groups in total. The molecule has 1 amide bonds. The third-order valence-corrected chi connectivity index (χ3v) is 4.60. The molecule has 0 saturated carbocycles. The number of pyridine rings is 1. The van der Waals surface area contributed by atoms with Gasteiger partial charge in [-0.2, -0.15) is 0 Å². The van der Waals surface area contributed by atoms with Gasteiger partial charge in [-0.1, -0.05) is 36.4 Å². The van der Waals surface area contributed by atoms with E-state index < -0.39 is 0 Å². The molecule has 29 heavy (non-hydrogen) atoms. The number of nitrogens with zero attached hydrogens (tertiary/aromatic N) is 2. The minimum Gasteiger partial charge on any atom is -0.494 e. The molecular weight excluding hydrogens is 362 g/mol. The average molecular weight is 385 g/mol. The van der Waals surface area contributed by atoms with Crippen LogP contribution < -0.4 is 10.1 Å². The van der Waals surface area contributed by atoms with Crippen LogP contribution in [0.1, 0.15) is 18.4 Å². The molecule has 0 spiro atoms. The summed E-state index contributed by atoms with van der Waals surface area (Å²) in [4.78, 5) is 16.9. The number of aromatic nitrogens is 2. The number of para-hydroxylation sites is 1. The largest absolute Gasteiger partial charge is 0.494 e.